The fourth-order valence-electron chi connectivity index (χ4n) is 2.70. The van der Waals surface area contributed by atoms with Gasteiger partial charge in [0.15, 0.2) is 0 Å². The van der Waals surface area contributed by atoms with Crippen LogP contribution in [0.1, 0.15) is 32.6 Å². The lowest BCUT2D eigenvalue weighted by Gasteiger charge is -2.26. The molecule has 1 saturated heterocycles. The third-order valence-corrected chi connectivity index (χ3v) is 6.09. The van der Waals surface area contributed by atoms with Crippen molar-refractivity contribution in [3.8, 4) is 0 Å². The molecule has 0 saturated carbocycles. The second-order valence-corrected chi connectivity index (χ2v) is 7.77. The number of aliphatic hydroxyl groups is 1. The number of rotatable bonds is 7. The van der Waals surface area contributed by atoms with Gasteiger partial charge in [0, 0.05) is 25.2 Å². The Balaban J connectivity index is 2.35. The lowest BCUT2D eigenvalue weighted by molar-refractivity contribution is -0.384. The summed E-state index contributed by atoms with van der Waals surface area (Å²) in [5, 5.41) is 23.5. The van der Waals surface area contributed by atoms with E-state index in [1.54, 1.807) is 0 Å². The third-order valence-electron chi connectivity index (χ3n) is 4.19. The topological polar surface area (TPSA) is 113 Å². The quantitative estimate of drug-likeness (QED) is 0.570. The molecule has 1 aliphatic rings. The first-order valence-electron chi connectivity index (χ1n) is 8.06. The van der Waals surface area contributed by atoms with Crippen LogP contribution in [-0.2, 0) is 10.0 Å². The van der Waals surface area contributed by atoms with Crippen LogP contribution in [0.3, 0.4) is 0 Å². The van der Waals surface area contributed by atoms with Gasteiger partial charge in [0.25, 0.3) is 5.69 Å². The number of nitro benzene ring substituents is 1. The summed E-state index contributed by atoms with van der Waals surface area (Å²) in [6.45, 7) is 2.56. The second kappa shape index (κ2) is 7.91. The Labute approximate surface area is 141 Å². The van der Waals surface area contributed by atoms with E-state index >= 15 is 0 Å². The molecule has 0 bridgehead atoms. The number of sulfonamides is 1. The molecule has 1 aromatic carbocycles. The summed E-state index contributed by atoms with van der Waals surface area (Å²) in [5.74, 6) is 0. The maximum Gasteiger partial charge on any atom is 0.293 e. The maximum atomic E-state index is 12.7. The van der Waals surface area contributed by atoms with Gasteiger partial charge in [0.2, 0.25) is 10.0 Å². The highest BCUT2D eigenvalue weighted by molar-refractivity contribution is 7.89. The standard InChI is InChI=1S/C15H23N3O5S/c1-2-12(11-19)16-14-7-6-13(10-15(14)18(20)21)24(22,23)17-8-4-3-5-9-17/h6-7,10,12,16,19H,2-5,8-9,11H2,1H3. The molecule has 134 valence electrons. The van der Waals surface area contributed by atoms with Crippen molar-refractivity contribution in [2.24, 2.45) is 0 Å². The van der Waals surface area contributed by atoms with Crippen LogP contribution in [0.5, 0.6) is 0 Å². The van der Waals surface area contributed by atoms with Crippen LogP contribution < -0.4 is 5.32 Å². The lowest BCUT2D eigenvalue weighted by atomic mass is 10.2. The Morgan fingerprint density at radius 3 is 2.54 bits per heavy atom. The van der Waals surface area contributed by atoms with Crippen LogP contribution in [0.15, 0.2) is 23.1 Å². The first-order valence-corrected chi connectivity index (χ1v) is 9.50. The van der Waals surface area contributed by atoms with E-state index in [2.05, 4.69) is 5.32 Å². The molecule has 9 heteroatoms. The molecule has 1 unspecified atom stereocenters. The van der Waals surface area contributed by atoms with Gasteiger partial charge in [0.1, 0.15) is 5.69 Å². The molecule has 0 aromatic heterocycles. The molecule has 1 fully saturated rings. The van der Waals surface area contributed by atoms with Gasteiger partial charge in [-0.3, -0.25) is 10.1 Å². The predicted molar refractivity (Wildman–Crippen MR) is 90.5 cm³/mol. The largest absolute Gasteiger partial charge is 0.394 e. The van der Waals surface area contributed by atoms with E-state index < -0.39 is 14.9 Å². The molecular formula is C15H23N3O5S. The summed E-state index contributed by atoms with van der Waals surface area (Å²) in [6, 6.07) is 3.54. The molecule has 2 rings (SSSR count). The van der Waals surface area contributed by atoms with Crippen molar-refractivity contribution in [3.63, 3.8) is 0 Å². The van der Waals surface area contributed by atoms with Crippen LogP contribution in [0.2, 0.25) is 0 Å². The summed E-state index contributed by atoms with van der Waals surface area (Å²) < 4.78 is 26.7. The van der Waals surface area contributed by atoms with Crippen LogP contribution >= 0.6 is 0 Å². The first-order chi connectivity index (χ1) is 11.4. The summed E-state index contributed by atoms with van der Waals surface area (Å²) in [4.78, 5) is 10.6. The van der Waals surface area contributed by atoms with Crippen molar-refractivity contribution in [1.29, 1.82) is 0 Å². The van der Waals surface area contributed by atoms with Gasteiger partial charge in [-0.25, -0.2) is 8.42 Å². The molecule has 0 spiro atoms. The van der Waals surface area contributed by atoms with Crippen LogP contribution in [0.4, 0.5) is 11.4 Å². The van der Waals surface area contributed by atoms with E-state index in [9.17, 15) is 23.6 Å². The molecule has 1 aliphatic heterocycles. The number of benzene rings is 1. The molecule has 1 heterocycles. The zero-order chi connectivity index (χ0) is 17.7. The minimum atomic E-state index is -3.72. The number of hydrogen-bond acceptors (Lipinski definition) is 6. The molecule has 2 N–H and O–H groups in total. The maximum absolute atomic E-state index is 12.7. The lowest BCUT2D eigenvalue weighted by Crippen LogP contribution is -2.35. The smallest absolute Gasteiger partial charge is 0.293 e. The van der Waals surface area contributed by atoms with E-state index in [1.807, 2.05) is 6.92 Å². The normalized spacial score (nSPS) is 17.4. The zero-order valence-electron chi connectivity index (χ0n) is 13.6. The minimum Gasteiger partial charge on any atom is -0.394 e. The molecule has 0 radical (unpaired) electrons. The van der Waals surface area contributed by atoms with Gasteiger partial charge in [-0.15, -0.1) is 0 Å². The average molecular weight is 357 g/mol. The number of piperidine rings is 1. The van der Waals surface area contributed by atoms with E-state index in [0.29, 0.717) is 19.5 Å². The fourth-order valence-corrected chi connectivity index (χ4v) is 4.23. The molecule has 0 amide bonds. The second-order valence-electron chi connectivity index (χ2n) is 5.83. The van der Waals surface area contributed by atoms with Gasteiger partial charge in [-0.2, -0.15) is 4.31 Å². The highest BCUT2D eigenvalue weighted by Gasteiger charge is 2.28. The third kappa shape index (κ3) is 4.03. The Morgan fingerprint density at radius 1 is 1.33 bits per heavy atom. The van der Waals surface area contributed by atoms with E-state index in [4.69, 9.17) is 0 Å². The van der Waals surface area contributed by atoms with Gasteiger partial charge in [-0.05, 0) is 31.4 Å². The number of nitrogens with one attached hydrogen (secondary N) is 1. The van der Waals surface area contributed by atoms with Gasteiger partial charge in [0.05, 0.1) is 16.4 Å². The van der Waals surface area contributed by atoms with E-state index in [-0.39, 0.29) is 28.9 Å². The number of anilines is 1. The average Bonchev–Trinajstić information content (AvgIpc) is 2.60. The van der Waals surface area contributed by atoms with Crippen LogP contribution in [0.25, 0.3) is 0 Å². The Bertz CT molecular complexity index is 682. The summed E-state index contributed by atoms with van der Waals surface area (Å²) in [7, 11) is -3.72. The SMILES string of the molecule is CCC(CO)Nc1ccc(S(=O)(=O)N2CCCCC2)cc1[N+](=O)[O-]. The predicted octanol–water partition coefficient (Wildman–Crippen LogP) is 1.95. The zero-order valence-corrected chi connectivity index (χ0v) is 14.5. The fraction of sp³-hybridized carbons (Fsp3) is 0.600. The monoisotopic (exact) mass is 357 g/mol. The van der Waals surface area contributed by atoms with Crippen molar-refractivity contribution in [2.45, 2.75) is 43.5 Å². The van der Waals surface area contributed by atoms with Crippen LogP contribution in [0, 0.1) is 10.1 Å². The Hall–Kier alpha value is -1.71. The number of nitro groups is 1. The van der Waals surface area contributed by atoms with E-state index in [0.717, 1.165) is 25.3 Å². The highest BCUT2D eigenvalue weighted by Crippen LogP contribution is 2.30. The summed E-state index contributed by atoms with van der Waals surface area (Å²) in [6.07, 6.45) is 3.18. The van der Waals surface area contributed by atoms with Gasteiger partial charge in [-0.1, -0.05) is 13.3 Å². The van der Waals surface area contributed by atoms with Gasteiger partial charge < -0.3 is 10.4 Å². The number of aliphatic hydroxyl groups excluding tert-OH is 1. The molecule has 0 aliphatic carbocycles. The first kappa shape index (κ1) is 18.6. The van der Waals surface area contributed by atoms with Crippen molar-refractivity contribution in [2.75, 3.05) is 25.0 Å². The molecule has 8 nitrogen and oxygen atoms in total. The van der Waals surface area contributed by atoms with E-state index in [1.165, 1.54) is 16.4 Å². The minimum absolute atomic E-state index is 0.0707. The summed E-state index contributed by atoms with van der Waals surface area (Å²) >= 11 is 0. The Morgan fingerprint density at radius 2 is 2.00 bits per heavy atom. The highest BCUT2D eigenvalue weighted by atomic mass is 32.2. The molecule has 24 heavy (non-hydrogen) atoms. The van der Waals surface area contributed by atoms with Crippen molar-refractivity contribution >= 4 is 21.4 Å². The molecule has 1 aromatic rings. The van der Waals surface area contributed by atoms with Crippen molar-refractivity contribution in [1.82, 2.24) is 4.31 Å². The van der Waals surface area contributed by atoms with Crippen molar-refractivity contribution < 1.29 is 18.4 Å². The number of hydrogen-bond donors (Lipinski definition) is 2. The molecular weight excluding hydrogens is 334 g/mol. The summed E-state index contributed by atoms with van der Waals surface area (Å²) in [5.41, 5.74) is -0.0986. The van der Waals surface area contributed by atoms with Gasteiger partial charge >= 0.3 is 0 Å². The Kier molecular flexibility index (Phi) is 6.14. The van der Waals surface area contributed by atoms with Crippen molar-refractivity contribution in [3.05, 3.63) is 28.3 Å². The number of nitrogens with zero attached hydrogens (tertiary/aromatic N) is 2. The molecule has 1 atom stereocenters. The van der Waals surface area contributed by atoms with Crippen LogP contribution in [-0.4, -0.2) is 48.5 Å².